The van der Waals surface area contributed by atoms with Gasteiger partial charge < -0.3 is 89.3 Å². The van der Waals surface area contributed by atoms with E-state index in [2.05, 4.69) is 26.8 Å². The van der Waals surface area contributed by atoms with E-state index in [1.807, 2.05) is 20.8 Å². The van der Waals surface area contributed by atoms with Gasteiger partial charge in [-0.3, -0.25) is 4.79 Å². The summed E-state index contributed by atoms with van der Waals surface area (Å²) < 4.78 is 42.5. The van der Waals surface area contributed by atoms with Crippen LogP contribution in [0.5, 0.6) is 0 Å². The number of allylic oxidation sites excluding steroid dienone is 1. The number of hydrogen-bond acceptors (Lipinski definition) is 19. The van der Waals surface area contributed by atoms with Gasteiger partial charge in [-0.25, -0.2) is 0 Å². The Kier molecular flexibility index (Phi) is 13.5. The zero-order chi connectivity index (χ0) is 48.5. The van der Waals surface area contributed by atoms with E-state index in [1.165, 1.54) is 0 Å². The number of ketones is 1. The highest BCUT2D eigenvalue weighted by Gasteiger charge is 2.75. The van der Waals surface area contributed by atoms with E-state index in [9.17, 15) is 56.2 Å². The van der Waals surface area contributed by atoms with Gasteiger partial charge in [-0.05, 0) is 82.0 Å². The van der Waals surface area contributed by atoms with E-state index in [-0.39, 0.29) is 24.0 Å². The van der Waals surface area contributed by atoms with Crippen LogP contribution in [0.3, 0.4) is 0 Å². The normalized spacial score (nSPS) is 53.9. The first-order chi connectivity index (χ1) is 30.7. The molecule has 0 spiro atoms. The van der Waals surface area contributed by atoms with Crippen molar-refractivity contribution in [1.82, 2.24) is 0 Å². The third-order valence-electron chi connectivity index (χ3n) is 18.6. The molecule has 0 amide bonds. The molecule has 0 aromatic rings. The van der Waals surface area contributed by atoms with E-state index < -0.39 is 163 Å². The van der Waals surface area contributed by atoms with Crippen LogP contribution in [0.2, 0.25) is 0 Å². The second kappa shape index (κ2) is 17.5. The van der Waals surface area contributed by atoms with Gasteiger partial charge in [0.2, 0.25) is 0 Å². The minimum absolute atomic E-state index is 0.124. The molecule has 8 rings (SSSR count). The molecule has 3 saturated carbocycles. The van der Waals surface area contributed by atoms with Crippen LogP contribution in [0.25, 0.3) is 0 Å². The molecule has 66 heavy (non-hydrogen) atoms. The number of ether oxygens (including phenoxy) is 7. The number of carbonyl (C=O) groups excluding carboxylic acids is 1. The van der Waals surface area contributed by atoms with Crippen LogP contribution in [0, 0.1) is 39.4 Å². The summed E-state index contributed by atoms with van der Waals surface area (Å²) >= 11 is 0. The summed E-state index contributed by atoms with van der Waals surface area (Å²) in [5.74, 6) is -0.574. The van der Waals surface area contributed by atoms with Crippen molar-refractivity contribution < 1.29 is 94.1 Å². The topological polar surface area (TPSA) is 304 Å². The van der Waals surface area contributed by atoms with E-state index in [0.29, 0.717) is 38.5 Å². The van der Waals surface area contributed by atoms with Gasteiger partial charge in [0.1, 0.15) is 66.3 Å². The van der Waals surface area contributed by atoms with Crippen LogP contribution in [-0.2, 0) is 38.0 Å². The zero-order valence-corrected chi connectivity index (χ0v) is 39.4. The lowest BCUT2D eigenvalue weighted by Crippen LogP contribution is -2.65. The standard InChI is InChI=1S/C47H76O19/c1-41(2)21-9-11-26-43(5)15-23(51)36(45(7)14-13-29(65-45)42(3,4)66-39-33(56)31(54)30(53)24(17-48)61-39)44(43,6)16-27(52)46(26,8)22(21)10-12-28(41)63-38-34(57)32(55)35(25(18-49)62-38)64-40-37(58)47(59,19-50)20-60-40/h9,22-26,28-40,48-51,53-59H,10-20H2,1-8H3. The lowest BCUT2D eigenvalue weighted by molar-refractivity contribution is -0.341. The third kappa shape index (κ3) is 7.64. The first-order valence-corrected chi connectivity index (χ1v) is 23.8. The van der Waals surface area contributed by atoms with Gasteiger partial charge >= 0.3 is 0 Å². The van der Waals surface area contributed by atoms with Crippen molar-refractivity contribution >= 4 is 5.78 Å². The molecule has 7 fully saturated rings. The highest BCUT2D eigenvalue weighted by atomic mass is 16.7. The summed E-state index contributed by atoms with van der Waals surface area (Å²) in [4.78, 5) is 15.2. The molecule has 19 nitrogen and oxygen atoms in total. The molecule has 4 saturated heterocycles. The van der Waals surface area contributed by atoms with Crippen LogP contribution >= 0.6 is 0 Å². The Balaban J connectivity index is 0.975. The lowest BCUT2D eigenvalue weighted by atomic mass is 9.38. The smallest absolute Gasteiger partial charge is 0.187 e. The molecule has 11 N–H and O–H groups in total. The van der Waals surface area contributed by atoms with Gasteiger partial charge in [0.05, 0.1) is 55.9 Å². The van der Waals surface area contributed by atoms with E-state index in [1.54, 1.807) is 13.8 Å². The maximum atomic E-state index is 15.2. The maximum Gasteiger partial charge on any atom is 0.187 e. The fraction of sp³-hybridized carbons (Fsp3) is 0.936. The maximum absolute atomic E-state index is 15.2. The molecule has 8 aliphatic rings. The SMILES string of the molecule is CC(C)(OC1OC(CO)C(O)C(O)C1O)C1CCC(C)(C2C(O)CC3(C)C4CC=C5C(CCC(OC6OC(CO)C(OC7OCC(O)(CO)C7O)C(O)C6O)C5(C)C)C4(C)C(=O)CC23C)O1. The summed E-state index contributed by atoms with van der Waals surface area (Å²) in [5, 5.41) is 117. The lowest BCUT2D eigenvalue weighted by Gasteiger charge is -2.65. The molecular formula is C47H76O19. The largest absolute Gasteiger partial charge is 0.394 e. The van der Waals surface area contributed by atoms with Crippen LogP contribution in [0.1, 0.15) is 100 Å². The van der Waals surface area contributed by atoms with Crippen molar-refractivity contribution in [2.24, 2.45) is 39.4 Å². The molecule has 0 aromatic carbocycles. The van der Waals surface area contributed by atoms with Crippen molar-refractivity contribution in [2.75, 3.05) is 26.4 Å². The molecule has 4 heterocycles. The van der Waals surface area contributed by atoms with E-state index >= 15 is 4.79 Å². The van der Waals surface area contributed by atoms with Crippen molar-refractivity contribution in [3.05, 3.63) is 11.6 Å². The number of fused-ring (bicyclic) bond motifs is 5. The average Bonchev–Trinajstić information content (AvgIpc) is 3.86. The quantitative estimate of drug-likeness (QED) is 0.110. The summed E-state index contributed by atoms with van der Waals surface area (Å²) in [5.41, 5.74) is -5.50. The second-order valence-corrected chi connectivity index (χ2v) is 23.0. The number of rotatable bonds is 11. The van der Waals surface area contributed by atoms with Gasteiger partial charge in [0.15, 0.2) is 18.9 Å². The Morgan fingerprint density at radius 3 is 2.06 bits per heavy atom. The zero-order valence-electron chi connectivity index (χ0n) is 39.4. The highest BCUT2D eigenvalue weighted by molar-refractivity contribution is 5.88. The molecule has 23 atom stereocenters. The summed E-state index contributed by atoms with van der Waals surface area (Å²) in [6.45, 7) is 13.6. The van der Waals surface area contributed by atoms with Gasteiger partial charge in [0.25, 0.3) is 0 Å². The summed E-state index contributed by atoms with van der Waals surface area (Å²) in [7, 11) is 0. The van der Waals surface area contributed by atoms with Crippen molar-refractivity contribution in [3.63, 3.8) is 0 Å². The average molecular weight is 945 g/mol. The molecule has 4 aliphatic carbocycles. The molecule has 4 aliphatic heterocycles. The van der Waals surface area contributed by atoms with Gasteiger partial charge in [-0.15, -0.1) is 0 Å². The Bertz CT molecular complexity index is 1830. The Hall–Kier alpha value is -1.31. The number of hydrogen-bond donors (Lipinski definition) is 11. The summed E-state index contributed by atoms with van der Waals surface area (Å²) in [6.07, 6.45) is -13.9. The van der Waals surface area contributed by atoms with Crippen LogP contribution in [0.15, 0.2) is 11.6 Å². The predicted octanol–water partition coefficient (Wildman–Crippen LogP) is -1.08. The minimum atomic E-state index is -1.99. The van der Waals surface area contributed by atoms with Gasteiger partial charge in [-0.2, -0.15) is 0 Å². The van der Waals surface area contributed by atoms with Crippen LogP contribution in [-0.4, -0.2) is 197 Å². The Morgan fingerprint density at radius 2 is 1.42 bits per heavy atom. The first kappa shape index (κ1) is 51.1. The molecule has 19 heteroatoms. The molecular weight excluding hydrogens is 868 g/mol. The second-order valence-electron chi connectivity index (χ2n) is 23.0. The predicted molar refractivity (Wildman–Crippen MR) is 227 cm³/mol. The molecule has 0 radical (unpaired) electrons. The number of Topliss-reactive ketones (excluding diaryl/α,β-unsaturated/α-hetero) is 1. The van der Waals surface area contributed by atoms with Crippen LogP contribution < -0.4 is 0 Å². The monoisotopic (exact) mass is 944 g/mol. The third-order valence-corrected chi connectivity index (χ3v) is 18.6. The van der Waals surface area contributed by atoms with Crippen molar-refractivity contribution in [2.45, 2.75) is 209 Å². The molecule has 378 valence electrons. The van der Waals surface area contributed by atoms with Crippen LogP contribution in [0.4, 0.5) is 0 Å². The number of carbonyl (C=O) groups is 1. The molecule has 23 unspecified atom stereocenters. The molecule has 0 aromatic heterocycles. The van der Waals surface area contributed by atoms with Gasteiger partial charge in [-0.1, -0.05) is 46.3 Å². The van der Waals surface area contributed by atoms with E-state index in [0.717, 1.165) is 5.57 Å². The van der Waals surface area contributed by atoms with Crippen molar-refractivity contribution in [1.29, 1.82) is 0 Å². The van der Waals surface area contributed by atoms with E-state index in [4.69, 9.17) is 33.2 Å². The first-order valence-electron chi connectivity index (χ1n) is 23.8. The van der Waals surface area contributed by atoms with Crippen molar-refractivity contribution in [3.8, 4) is 0 Å². The Morgan fingerprint density at radius 1 is 0.773 bits per heavy atom. The highest BCUT2D eigenvalue weighted by Crippen LogP contribution is 2.75. The minimum Gasteiger partial charge on any atom is -0.394 e. The fourth-order valence-electron chi connectivity index (χ4n) is 14.5. The summed E-state index contributed by atoms with van der Waals surface area (Å²) in [6, 6.07) is 0. The molecule has 0 bridgehead atoms. The number of aliphatic hydroxyl groups excluding tert-OH is 10. The number of aliphatic hydroxyl groups is 11. The fourth-order valence-corrected chi connectivity index (χ4v) is 14.5. The van der Waals surface area contributed by atoms with Gasteiger partial charge in [0, 0.05) is 23.2 Å². The Labute approximate surface area is 385 Å².